The van der Waals surface area contributed by atoms with E-state index in [2.05, 4.69) is 20.1 Å². The highest BCUT2D eigenvalue weighted by molar-refractivity contribution is 5.96. The Morgan fingerprint density at radius 2 is 1.93 bits per heavy atom. The van der Waals surface area contributed by atoms with Crippen LogP contribution in [0.15, 0.2) is 58.5 Å². The number of rotatable bonds is 7. The maximum atomic E-state index is 11.7. The molecule has 1 N–H and O–H groups in total. The van der Waals surface area contributed by atoms with Gasteiger partial charge in [0.2, 0.25) is 0 Å². The highest BCUT2D eigenvalue weighted by atomic mass is 16.6. The maximum Gasteiger partial charge on any atom is 0.182 e. The molecule has 6 heteroatoms. The lowest BCUT2D eigenvalue weighted by Crippen LogP contribution is -2.04. The molecular formula is C22H24N4O2. The van der Waals surface area contributed by atoms with Crippen LogP contribution in [-0.4, -0.2) is 27.3 Å². The number of hydrogen-bond donors (Lipinski definition) is 1. The maximum absolute atomic E-state index is 11.7. The van der Waals surface area contributed by atoms with Gasteiger partial charge < -0.3 is 9.82 Å². The molecule has 0 fully saturated rings. The van der Waals surface area contributed by atoms with E-state index in [1.54, 1.807) is 12.1 Å². The molecule has 0 aliphatic carbocycles. The number of hydrogen-bond acceptors (Lipinski definition) is 5. The zero-order chi connectivity index (χ0) is 19.9. The van der Waals surface area contributed by atoms with Gasteiger partial charge in [0.15, 0.2) is 5.43 Å². The molecule has 28 heavy (non-hydrogen) atoms. The zero-order valence-corrected chi connectivity index (χ0v) is 16.4. The van der Waals surface area contributed by atoms with Crippen LogP contribution in [0.3, 0.4) is 0 Å². The molecule has 3 heterocycles. The second-order valence-corrected chi connectivity index (χ2v) is 6.70. The average molecular weight is 376 g/mol. The van der Waals surface area contributed by atoms with Crippen LogP contribution in [0.4, 0.5) is 0 Å². The molecule has 3 aromatic rings. The second kappa shape index (κ2) is 9.08. The van der Waals surface area contributed by atoms with E-state index in [1.807, 2.05) is 57.2 Å². The monoisotopic (exact) mass is 376 g/mol. The quantitative estimate of drug-likeness (QED) is 0.386. The van der Waals surface area contributed by atoms with Gasteiger partial charge >= 0.3 is 0 Å². The van der Waals surface area contributed by atoms with Crippen molar-refractivity contribution in [2.45, 2.75) is 33.6 Å². The molecule has 0 atom stereocenters. The van der Waals surface area contributed by atoms with Crippen LogP contribution in [-0.2, 0) is 11.3 Å². The first kappa shape index (κ1) is 19.5. The Morgan fingerprint density at radius 3 is 2.71 bits per heavy atom. The van der Waals surface area contributed by atoms with Gasteiger partial charge in [0, 0.05) is 29.2 Å². The van der Waals surface area contributed by atoms with Crippen molar-refractivity contribution in [3.8, 4) is 11.4 Å². The van der Waals surface area contributed by atoms with E-state index in [9.17, 15) is 4.79 Å². The minimum atomic E-state index is -0.0248. The summed E-state index contributed by atoms with van der Waals surface area (Å²) in [6.07, 6.45) is 1.56. The van der Waals surface area contributed by atoms with Crippen LogP contribution >= 0.6 is 0 Å². The lowest BCUT2D eigenvalue weighted by molar-refractivity contribution is 0.141. The molecule has 0 bridgehead atoms. The number of oxime groups is 1. The van der Waals surface area contributed by atoms with Gasteiger partial charge in [0.25, 0.3) is 0 Å². The molecule has 0 saturated heterocycles. The molecule has 3 rings (SSSR count). The number of H-pyrrole nitrogens is 1. The lowest BCUT2D eigenvalue weighted by atomic mass is 10.2. The number of pyridine rings is 3. The summed E-state index contributed by atoms with van der Waals surface area (Å²) in [7, 11) is 0. The first-order chi connectivity index (χ1) is 13.5. The molecule has 0 spiro atoms. The van der Waals surface area contributed by atoms with Crippen molar-refractivity contribution in [3.05, 3.63) is 81.5 Å². The Hall–Kier alpha value is -3.28. The number of nitrogens with zero attached hydrogens (tertiary/aromatic N) is 3. The fourth-order valence-corrected chi connectivity index (χ4v) is 2.84. The average Bonchev–Trinajstić information content (AvgIpc) is 2.67. The smallest absolute Gasteiger partial charge is 0.182 e. The predicted molar refractivity (Wildman–Crippen MR) is 110 cm³/mol. The van der Waals surface area contributed by atoms with E-state index in [0.717, 1.165) is 52.7 Å². The van der Waals surface area contributed by atoms with E-state index in [-0.39, 0.29) is 5.43 Å². The summed E-state index contributed by atoms with van der Waals surface area (Å²) in [6, 6.07) is 14.8. The van der Waals surface area contributed by atoms with Crippen molar-refractivity contribution in [1.29, 1.82) is 0 Å². The first-order valence-corrected chi connectivity index (χ1v) is 9.29. The minimum Gasteiger partial charge on any atom is -0.396 e. The van der Waals surface area contributed by atoms with Crippen LogP contribution in [0.1, 0.15) is 36.1 Å². The van der Waals surface area contributed by atoms with Crippen molar-refractivity contribution >= 4 is 5.71 Å². The van der Waals surface area contributed by atoms with E-state index < -0.39 is 0 Å². The van der Waals surface area contributed by atoms with E-state index >= 15 is 0 Å². The Morgan fingerprint density at radius 1 is 1.11 bits per heavy atom. The highest BCUT2D eigenvalue weighted by Gasteiger charge is 2.04. The third kappa shape index (κ3) is 5.36. The lowest BCUT2D eigenvalue weighted by Gasteiger charge is -2.06. The van der Waals surface area contributed by atoms with Gasteiger partial charge in [0.05, 0.1) is 17.1 Å². The molecule has 0 radical (unpaired) electrons. The molecule has 6 nitrogen and oxygen atoms in total. The Balaban J connectivity index is 1.55. The summed E-state index contributed by atoms with van der Waals surface area (Å²) >= 11 is 0. The van der Waals surface area contributed by atoms with Crippen LogP contribution < -0.4 is 5.43 Å². The number of aryl methyl sites for hydroxylation is 3. The fraction of sp³-hybridized carbons (Fsp3) is 0.273. The van der Waals surface area contributed by atoms with Gasteiger partial charge in [-0.15, -0.1) is 0 Å². The molecule has 0 aliphatic heterocycles. The topological polar surface area (TPSA) is 80.2 Å². The van der Waals surface area contributed by atoms with E-state index in [4.69, 9.17) is 4.84 Å². The van der Waals surface area contributed by atoms with Crippen molar-refractivity contribution in [1.82, 2.24) is 15.0 Å². The molecule has 0 aliphatic rings. The number of nitrogens with one attached hydrogen (secondary N) is 1. The normalized spacial score (nSPS) is 11.5. The van der Waals surface area contributed by atoms with E-state index in [1.165, 1.54) is 0 Å². The van der Waals surface area contributed by atoms with Crippen molar-refractivity contribution in [3.63, 3.8) is 0 Å². The number of aromatic nitrogens is 3. The van der Waals surface area contributed by atoms with Crippen molar-refractivity contribution in [2.24, 2.45) is 5.16 Å². The molecular weight excluding hydrogens is 352 g/mol. The molecule has 0 saturated carbocycles. The fourth-order valence-electron chi connectivity index (χ4n) is 2.84. The van der Waals surface area contributed by atoms with E-state index in [0.29, 0.717) is 6.61 Å². The standard InChI is InChI=1S/C22H24N4O2/c1-15-7-4-10-20(23-15)17(3)26-28-12-6-9-18-8-5-11-21(25-18)22-14-19(27)13-16(2)24-22/h4-5,7-8,10-11,13-14H,6,9,12H2,1-3H3,(H,24,27)/b26-17-. The molecule has 0 unspecified atom stereocenters. The summed E-state index contributed by atoms with van der Waals surface area (Å²) in [4.78, 5) is 29.4. The van der Waals surface area contributed by atoms with Crippen LogP contribution in [0.25, 0.3) is 11.4 Å². The third-order valence-electron chi connectivity index (χ3n) is 4.19. The van der Waals surface area contributed by atoms with Gasteiger partial charge in [-0.05, 0) is 57.9 Å². The first-order valence-electron chi connectivity index (χ1n) is 9.29. The summed E-state index contributed by atoms with van der Waals surface area (Å²) in [5.41, 5.74) is 5.77. The van der Waals surface area contributed by atoms with Crippen LogP contribution in [0.2, 0.25) is 0 Å². The van der Waals surface area contributed by atoms with Gasteiger partial charge in [-0.3, -0.25) is 14.8 Å². The SMILES string of the molecule is C/C(=N/OCCCc1cccc(-c2cc(=O)cc(C)[nH]2)n1)c1cccc(C)n1. The highest BCUT2D eigenvalue weighted by Crippen LogP contribution is 2.14. The van der Waals surface area contributed by atoms with Gasteiger partial charge in [-0.25, -0.2) is 0 Å². The summed E-state index contributed by atoms with van der Waals surface area (Å²) in [5.74, 6) is 0. The number of aromatic amines is 1. The van der Waals surface area contributed by atoms with Gasteiger partial charge in [-0.2, -0.15) is 0 Å². The summed E-state index contributed by atoms with van der Waals surface area (Å²) in [5, 5.41) is 4.15. The Bertz CT molecular complexity index is 1040. The van der Waals surface area contributed by atoms with Crippen molar-refractivity contribution in [2.75, 3.05) is 6.61 Å². The molecule has 0 aromatic carbocycles. The molecule has 0 amide bonds. The van der Waals surface area contributed by atoms with Crippen LogP contribution in [0.5, 0.6) is 0 Å². The molecule has 3 aromatic heterocycles. The largest absolute Gasteiger partial charge is 0.396 e. The minimum absolute atomic E-state index is 0.0248. The van der Waals surface area contributed by atoms with Gasteiger partial charge in [0.1, 0.15) is 12.3 Å². The van der Waals surface area contributed by atoms with Crippen LogP contribution in [0, 0.1) is 13.8 Å². The summed E-state index contributed by atoms with van der Waals surface area (Å²) in [6.45, 7) is 6.19. The Kier molecular flexibility index (Phi) is 6.32. The third-order valence-corrected chi connectivity index (χ3v) is 4.19. The van der Waals surface area contributed by atoms with Gasteiger partial charge in [-0.1, -0.05) is 17.3 Å². The predicted octanol–water partition coefficient (Wildman–Crippen LogP) is 3.82. The Labute approximate surface area is 164 Å². The van der Waals surface area contributed by atoms with Crippen molar-refractivity contribution < 1.29 is 4.84 Å². The second-order valence-electron chi connectivity index (χ2n) is 6.70. The zero-order valence-electron chi connectivity index (χ0n) is 16.4. The molecule has 144 valence electrons. The summed E-state index contributed by atoms with van der Waals surface area (Å²) < 4.78 is 0.